The smallest absolute Gasteiger partial charge is 0.343 e. The fourth-order valence-corrected chi connectivity index (χ4v) is 2.67. The van der Waals surface area contributed by atoms with E-state index in [0.717, 1.165) is 0 Å². The number of hydrogen-bond donors (Lipinski definition) is 1. The molecule has 1 aromatic rings. The first kappa shape index (κ1) is 17.0. The molecule has 20 heavy (non-hydrogen) atoms. The molecule has 4 nitrogen and oxygen atoms in total. The molecule has 0 unspecified atom stereocenters. The highest BCUT2D eigenvalue weighted by Gasteiger charge is 2.29. The van der Waals surface area contributed by atoms with Crippen molar-refractivity contribution in [2.45, 2.75) is 11.1 Å². The second-order valence-electron chi connectivity index (χ2n) is 3.50. The molecule has 1 rings (SSSR count). The molecule has 0 aliphatic carbocycles. The minimum atomic E-state index is -4.69. The van der Waals surface area contributed by atoms with E-state index in [4.69, 9.17) is 22.3 Å². The molecule has 1 N–H and O–H groups in total. The fourth-order valence-electron chi connectivity index (χ4n) is 1.17. The Morgan fingerprint density at radius 3 is 2.30 bits per heavy atom. The van der Waals surface area contributed by atoms with E-state index in [1.165, 1.54) is 5.32 Å². The Bertz CT molecular complexity index is 645. The molecule has 0 fully saturated rings. The zero-order valence-electron chi connectivity index (χ0n) is 9.26. The summed E-state index contributed by atoms with van der Waals surface area (Å²) in [5.41, 5.74) is -0.919. The lowest BCUT2D eigenvalue weighted by atomic mass is 10.2. The monoisotopic (exact) mass is 353 g/mol. The number of rotatable bonds is 3. The van der Waals surface area contributed by atoms with Gasteiger partial charge in [-0.15, -0.1) is 0 Å². The SMILES string of the molecule is O=C(NCC(F)(F)F)c1cc(S(=O)(=O)Cl)c(Cl)cc1F. The van der Waals surface area contributed by atoms with E-state index in [2.05, 4.69) is 0 Å². The molecule has 0 spiro atoms. The number of hydrogen-bond acceptors (Lipinski definition) is 3. The molecule has 0 aliphatic heterocycles. The molecule has 1 amide bonds. The number of amides is 1. The molecule has 11 heteroatoms. The molecule has 0 radical (unpaired) electrons. The molecule has 0 bridgehead atoms. The van der Waals surface area contributed by atoms with Gasteiger partial charge in [0.2, 0.25) is 0 Å². The van der Waals surface area contributed by atoms with Crippen LogP contribution in [-0.2, 0) is 9.05 Å². The number of carbonyl (C=O) groups excluding carboxylic acids is 1. The molecule has 1 aromatic carbocycles. The van der Waals surface area contributed by atoms with Gasteiger partial charge in [0.1, 0.15) is 17.3 Å². The first-order valence-electron chi connectivity index (χ1n) is 4.70. The third-order valence-corrected chi connectivity index (χ3v) is 3.76. The largest absolute Gasteiger partial charge is 0.405 e. The topological polar surface area (TPSA) is 63.2 Å². The van der Waals surface area contributed by atoms with Gasteiger partial charge in [0.25, 0.3) is 15.0 Å². The van der Waals surface area contributed by atoms with Crippen LogP contribution in [0.4, 0.5) is 17.6 Å². The van der Waals surface area contributed by atoms with E-state index in [1.807, 2.05) is 0 Å². The maximum Gasteiger partial charge on any atom is 0.405 e. The average molecular weight is 354 g/mol. The first-order chi connectivity index (χ1) is 8.92. The van der Waals surface area contributed by atoms with E-state index >= 15 is 0 Å². The van der Waals surface area contributed by atoms with Gasteiger partial charge in [0.15, 0.2) is 0 Å². The Morgan fingerprint density at radius 1 is 1.30 bits per heavy atom. The maximum absolute atomic E-state index is 13.4. The molecule has 112 valence electrons. The Labute approximate surface area is 120 Å². The van der Waals surface area contributed by atoms with Crippen LogP contribution >= 0.6 is 22.3 Å². The summed E-state index contributed by atoms with van der Waals surface area (Å²) in [6.45, 7) is -1.70. The number of carbonyl (C=O) groups is 1. The van der Waals surface area contributed by atoms with Crippen LogP contribution in [0.1, 0.15) is 10.4 Å². The molecule has 0 heterocycles. The van der Waals surface area contributed by atoms with Crippen molar-refractivity contribution in [3.05, 3.63) is 28.5 Å². The number of benzene rings is 1. The Hall–Kier alpha value is -1.06. The molecule has 0 saturated carbocycles. The highest BCUT2D eigenvalue weighted by atomic mass is 35.7. The quantitative estimate of drug-likeness (QED) is 0.671. The van der Waals surface area contributed by atoms with Gasteiger partial charge < -0.3 is 5.32 Å². The summed E-state index contributed by atoms with van der Waals surface area (Å²) in [5.74, 6) is -2.73. The predicted molar refractivity (Wildman–Crippen MR) is 62.8 cm³/mol. The van der Waals surface area contributed by atoms with Crippen LogP contribution in [0, 0.1) is 5.82 Å². The number of halogens is 6. The predicted octanol–water partition coefficient (Wildman–Crippen LogP) is 2.70. The second-order valence-corrected chi connectivity index (χ2v) is 6.44. The van der Waals surface area contributed by atoms with Crippen molar-refractivity contribution in [3.63, 3.8) is 0 Å². The highest BCUT2D eigenvalue weighted by Crippen LogP contribution is 2.27. The van der Waals surface area contributed by atoms with Crippen molar-refractivity contribution in [1.82, 2.24) is 5.32 Å². The van der Waals surface area contributed by atoms with Crippen LogP contribution in [0.15, 0.2) is 17.0 Å². The summed E-state index contributed by atoms with van der Waals surface area (Å²) in [5, 5.41) is 0.800. The second kappa shape index (κ2) is 5.74. The first-order valence-corrected chi connectivity index (χ1v) is 7.39. The van der Waals surface area contributed by atoms with E-state index in [9.17, 15) is 30.8 Å². The third-order valence-electron chi connectivity index (χ3n) is 1.98. The van der Waals surface area contributed by atoms with Crippen molar-refractivity contribution in [2.24, 2.45) is 0 Å². The highest BCUT2D eigenvalue weighted by molar-refractivity contribution is 8.13. The van der Waals surface area contributed by atoms with E-state index < -0.39 is 49.0 Å². The van der Waals surface area contributed by atoms with Gasteiger partial charge in [-0.2, -0.15) is 13.2 Å². The van der Waals surface area contributed by atoms with Crippen LogP contribution in [-0.4, -0.2) is 27.0 Å². The lowest BCUT2D eigenvalue weighted by Crippen LogP contribution is -2.34. The van der Waals surface area contributed by atoms with Gasteiger partial charge in [-0.3, -0.25) is 4.79 Å². The summed E-state index contributed by atoms with van der Waals surface area (Å²) in [7, 11) is 0.618. The summed E-state index contributed by atoms with van der Waals surface area (Å²) in [6, 6.07) is 0.936. The zero-order valence-corrected chi connectivity index (χ0v) is 11.6. The van der Waals surface area contributed by atoms with E-state index in [0.29, 0.717) is 12.1 Å². The van der Waals surface area contributed by atoms with Gasteiger partial charge in [-0.25, -0.2) is 12.8 Å². The normalized spacial score (nSPS) is 12.3. The Balaban J connectivity index is 3.16. The molecular weight excluding hydrogens is 349 g/mol. The average Bonchev–Trinajstić information content (AvgIpc) is 2.23. The summed E-state index contributed by atoms with van der Waals surface area (Å²) >= 11 is 5.43. The van der Waals surface area contributed by atoms with Crippen LogP contribution in [0.2, 0.25) is 5.02 Å². The van der Waals surface area contributed by atoms with Crippen molar-refractivity contribution in [2.75, 3.05) is 6.54 Å². The van der Waals surface area contributed by atoms with Gasteiger partial charge >= 0.3 is 6.18 Å². The third kappa shape index (κ3) is 4.50. The van der Waals surface area contributed by atoms with Crippen LogP contribution in [0.25, 0.3) is 0 Å². The number of nitrogens with one attached hydrogen (secondary N) is 1. The van der Waals surface area contributed by atoms with Crippen molar-refractivity contribution in [1.29, 1.82) is 0 Å². The summed E-state index contributed by atoms with van der Waals surface area (Å²) in [6.07, 6.45) is -4.69. The molecule has 0 aromatic heterocycles. The maximum atomic E-state index is 13.4. The van der Waals surface area contributed by atoms with Gasteiger partial charge in [0, 0.05) is 10.7 Å². The molecule has 0 saturated heterocycles. The lowest BCUT2D eigenvalue weighted by Gasteiger charge is -2.10. The minimum absolute atomic E-state index is 0.464. The van der Waals surface area contributed by atoms with Gasteiger partial charge in [-0.1, -0.05) is 11.6 Å². The van der Waals surface area contributed by atoms with Crippen molar-refractivity contribution < 1.29 is 30.8 Å². The van der Waals surface area contributed by atoms with E-state index in [1.54, 1.807) is 0 Å². The van der Waals surface area contributed by atoms with E-state index in [-0.39, 0.29) is 0 Å². The fraction of sp³-hybridized carbons (Fsp3) is 0.222. The van der Waals surface area contributed by atoms with Crippen molar-refractivity contribution in [3.8, 4) is 0 Å². The van der Waals surface area contributed by atoms with Gasteiger partial charge in [0.05, 0.1) is 10.6 Å². The van der Waals surface area contributed by atoms with Gasteiger partial charge in [-0.05, 0) is 12.1 Å². The van der Waals surface area contributed by atoms with Crippen LogP contribution in [0.5, 0.6) is 0 Å². The lowest BCUT2D eigenvalue weighted by molar-refractivity contribution is -0.123. The molecule has 0 aliphatic rings. The minimum Gasteiger partial charge on any atom is -0.343 e. The van der Waals surface area contributed by atoms with Crippen LogP contribution in [0.3, 0.4) is 0 Å². The standard InChI is InChI=1S/C9H5Cl2F4NO3S/c10-5-2-6(12)4(1-7(5)20(11,18)19)8(17)16-3-9(13,14)15/h1-2H,3H2,(H,16,17). The van der Waals surface area contributed by atoms with Crippen LogP contribution < -0.4 is 5.32 Å². The molecule has 0 atom stereocenters. The number of alkyl halides is 3. The Morgan fingerprint density at radius 2 is 1.85 bits per heavy atom. The molecular formula is C9H5Cl2F4NO3S. The Kier molecular flexibility index (Phi) is 4.88. The zero-order chi connectivity index (χ0) is 15.7. The summed E-state index contributed by atoms with van der Waals surface area (Å²) < 4.78 is 71.4. The summed E-state index contributed by atoms with van der Waals surface area (Å²) in [4.78, 5) is 10.6. The van der Waals surface area contributed by atoms with Crippen molar-refractivity contribution >= 4 is 37.2 Å².